The van der Waals surface area contributed by atoms with Crippen molar-refractivity contribution < 1.29 is 9.13 Å². The van der Waals surface area contributed by atoms with Gasteiger partial charge >= 0.3 is 0 Å². The summed E-state index contributed by atoms with van der Waals surface area (Å²) < 4.78 is 19.1. The number of benzene rings is 1. The summed E-state index contributed by atoms with van der Waals surface area (Å²) in [6.07, 6.45) is 2.44. The molecule has 104 valence electrons. The Kier molecular flexibility index (Phi) is 5.10. The van der Waals surface area contributed by atoms with Gasteiger partial charge in [0.1, 0.15) is 5.82 Å². The Balaban J connectivity index is 1.80. The molecule has 0 aromatic heterocycles. The Morgan fingerprint density at radius 3 is 3.00 bits per heavy atom. The quantitative estimate of drug-likeness (QED) is 0.857. The van der Waals surface area contributed by atoms with Crippen molar-refractivity contribution in [3.05, 3.63) is 35.6 Å². The zero-order valence-electron chi connectivity index (χ0n) is 11.1. The number of thiocarbonyl (C=S) groups is 1. The molecule has 1 fully saturated rings. The fraction of sp³-hybridized carbons (Fsp3) is 0.500. The van der Waals surface area contributed by atoms with E-state index in [0.717, 1.165) is 26.0 Å². The summed E-state index contributed by atoms with van der Waals surface area (Å²) in [4.78, 5) is 1.84. The monoisotopic (exact) mass is 282 g/mol. The number of nitrogens with one attached hydrogen (secondary N) is 1. The average Bonchev–Trinajstić information content (AvgIpc) is 2.91. The first-order valence-corrected chi connectivity index (χ1v) is 6.91. The number of hydrogen-bond acceptors (Lipinski definition) is 2. The number of nitrogens with zero attached hydrogens (tertiary/aromatic N) is 1. The van der Waals surface area contributed by atoms with E-state index in [1.165, 1.54) is 6.07 Å². The second-order valence-electron chi connectivity index (χ2n) is 4.77. The first kappa shape index (κ1) is 14.2. The molecule has 1 aromatic rings. The maximum atomic E-state index is 13.5. The molecule has 2 rings (SSSR count). The fourth-order valence-corrected chi connectivity index (χ4v) is 2.24. The maximum Gasteiger partial charge on any atom is 0.169 e. The molecule has 0 spiro atoms. The van der Waals surface area contributed by atoms with Gasteiger partial charge < -0.3 is 15.0 Å². The molecule has 0 saturated carbocycles. The summed E-state index contributed by atoms with van der Waals surface area (Å²) in [7, 11) is 1.86. The summed E-state index contributed by atoms with van der Waals surface area (Å²) >= 11 is 5.29. The Hall–Kier alpha value is -1.20. The minimum absolute atomic E-state index is 0.198. The molecule has 1 heterocycles. The highest BCUT2D eigenvalue weighted by molar-refractivity contribution is 7.80. The van der Waals surface area contributed by atoms with Crippen LogP contribution in [0.15, 0.2) is 24.3 Å². The van der Waals surface area contributed by atoms with E-state index in [1.54, 1.807) is 12.1 Å². The van der Waals surface area contributed by atoms with Gasteiger partial charge in [0.25, 0.3) is 0 Å². The van der Waals surface area contributed by atoms with E-state index in [-0.39, 0.29) is 11.9 Å². The van der Waals surface area contributed by atoms with Crippen LogP contribution in [0.2, 0.25) is 0 Å². The largest absolute Gasteiger partial charge is 0.376 e. The Labute approximate surface area is 118 Å². The summed E-state index contributed by atoms with van der Waals surface area (Å²) in [5.41, 5.74) is 0.645. The molecular weight excluding hydrogens is 263 g/mol. The van der Waals surface area contributed by atoms with Gasteiger partial charge in [-0.25, -0.2) is 4.39 Å². The average molecular weight is 282 g/mol. The summed E-state index contributed by atoms with van der Waals surface area (Å²) in [6.45, 7) is 2.02. The lowest BCUT2D eigenvalue weighted by Crippen LogP contribution is -2.40. The van der Waals surface area contributed by atoms with Crippen LogP contribution >= 0.6 is 12.2 Å². The molecule has 0 unspecified atom stereocenters. The van der Waals surface area contributed by atoms with Gasteiger partial charge in [-0.3, -0.25) is 0 Å². The van der Waals surface area contributed by atoms with Gasteiger partial charge in [-0.2, -0.15) is 0 Å². The van der Waals surface area contributed by atoms with Crippen LogP contribution in [0.4, 0.5) is 4.39 Å². The molecule has 0 amide bonds. The third-order valence-electron chi connectivity index (χ3n) is 3.22. The predicted molar refractivity (Wildman–Crippen MR) is 77.4 cm³/mol. The van der Waals surface area contributed by atoms with Crippen LogP contribution in [-0.2, 0) is 11.3 Å². The highest BCUT2D eigenvalue weighted by Crippen LogP contribution is 2.11. The van der Waals surface area contributed by atoms with Crippen LogP contribution in [-0.4, -0.2) is 36.3 Å². The molecule has 1 aromatic carbocycles. The van der Waals surface area contributed by atoms with Crippen molar-refractivity contribution in [1.29, 1.82) is 0 Å². The third kappa shape index (κ3) is 4.14. The molecule has 19 heavy (non-hydrogen) atoms. The zero-order chi connectivity index (χ0) is 13.7. The highest BCUT2D eigenvalue weighted by atomic mass is 32.1. The first-order chi connectivity index (χ1) is 9.16. The molecule has 0 radical (unpaired) electrons. The number of rotatable bonds is 4. The minimum atomic E-state index is -0.198. The van der Waals surface area contributed by atoms with Gasteiger partial charge in [-0.15, -0.1) is 0 Å². The maximum absolute atomic E-state index is 13.5. The Morgan fingerprint density at radius 1 is 1.53 bits per heavy atom. The zero-order valence-corrected chi connectivity index (χ0v) is 11.9. The van der Waals surface area contributed by atoms with Crippen molar-refractivity contribution in [3.8, 4) is 0 Å². The third-order valence-corrected chi connectivity index (χ3v) is 3.67. The highest BCUT2D eigenvalue weighted by Gasteiger charge is 2.16. The number of ether oxygens (including phenoxy) is 1. The van der Waals surface area contributed by atoms with Crippen molar-refractivity contribution in [2.45, 2.75) is 25.5 Å². The normalized spacial score (nSPS) is 18.3. The molecule has 0 aliphatic carbocycles. The van der Waals surface area contributed by atoms with E-state index >= 15 is 0 Å². The van der Waals surface area contributed by atoms with Crippen molar-refractivity contribution in [3.63, 3.8) is 0 Å². The van der Waals surface area contributed by atoms with E-state index in [1.807, 2.05) is 18.0 Å². The molecule has 0 bridgehead atoms. The summed E-state index contributed by atoms with van der Waals surface area (Å²) in [5.74, 6) is -0.198. The first-order valence-electron chi connectivity index (χ1n) is 6.51. The SMILES string of the molecule is CN(Cc1ccccc1F)C(=S)NC[C@H]1CCCO1. The van der Waals surface area contributed by atoms with Gasteiger partial charge in [0.2, 0.25) is 0 Å². The second-order valence-corrected chi connectivity index (χ2v) is 5.16. The van der Waals surface area contributed by atoms with Crippen LogP contribution < -0.4 is 5.32 Å². The molecule has 1 saturated heterocycles. The standard InChI is InChI=1S/C14H19FN2OS/c1-17(10-11-5-2-3-7-13(11)15)14(19)16-9-12-6-4-8-18-12/h2-3,5,7,12H,4,6,8-10H2,1H3,(H,16,19)/t12-/m1/s1. The van der Waals surface area contributed by atoms with Crippen molar-refractivity contribution >= 4 is 17.3 Å². The molecular formula is C14H19FN2OS. The van der Waals surface area contributed by atoms with Gasteiger partial charge in [0, 0.05) is 32.3 Å². The van der Waals surface area contributed by atoms with Crippen LogP contribution in [0.5, 0.6) is 0 Å². The Bertz CT molecular complexity index is 435. The van der Waals surface area contributed by atoms with Gasteiger partial charge in [-0.1, -0.05) is 18.2 Å². The van der Waals surface area contributed by atoms with Crippen LogP contribution in [0.3, 0.4) is 0 Å². The lowest BCUT2D eigenvalue weighted by molar-refractivity contribution is 0.113. The van der Waals surface area contributed by atoms with Crippen molar-refractivity contribution in [2.24, 2.45) is 0 Å². The predicted octanol–water partition coefficient (Wildman–Crippen LogP) is 2.31. The lowest BCUT2D eigenvalue weighted by Gasteiger charge is -2.22. The smallest absolute Gasteiger partial charge is 0.169 e. The molecule has 1 N–H and O–H groups in total. The molecule has 5 heteroatoms. The van der Waals surface area contributed by atoms with E-state index in [9.17, 15) is 4.39 Å². The van der Waals surface area contributed by atoms with E-state index in [2.05, 4.69) is 5.32 Å². The molecule has 3 nitrogen and oxygen atoms in total. The van der Waals surface area contributed by atoms with Crippen LogP contribution in [0, 0.1) is 5.82 Å². The van der Waals surface area contributed by atoms with Gasteiger partial charge in [0.15, 0.2) is 5.11 Å². The minimum Gasteiger partial charge on any atom is -0.376 e. The molecule has 1 aliphatic heterocycles. The van der Waals surface area contributed by atoms with Crippen LogP contribution in [0.25, 0.3) is 0 Å². The number of halogens is 1. The second kappa shape index (κ2) is 6.82. The number of hydrogen-bond donors (Lipinski definition) is 1. The Morgan fingerprint density at radius 2 is 2.32 bits per heavy atom. The van der Waals surface area contributed by atoms with Gasteiger partial charge in [-0.05, 0) is 31.1 Å². The summed E-state index contributed by atoms with van der Waals surface area (Å²) in [6, 6.07) is 6.75. The summed E-state index contributed by atoms with van der Waals surface area (Å²) in [5, 5.41) is 3.80. The fourth-order valence-electron chi connectivity index (χ4n) is 2.10. The van der Waals surface area contributed by atoms with Crippen LogP contribution in [0.1, 0.15) is 18.4 Å². The van der Waals surface area contributed by atoms with Crippen molar-refractivity contribution in [1.82, 2.24) is 10.2 Å². The van der Waals surface area contributed by atoms with E-state index < -0.39 is 0 Å². The van der Waals surface area contributed by atoms with E-state index in [0.29, 0.717) is 17.2 Å². The van der Waals surface area contributed by atoms with Gasteiger partial charge in [0.05, 0.1) is 6.10 Å². The lowest BCUT2D eigenvalue weighted by atomic mass is 10.2. The topological polar surface area (TPSA) is 24.5 Å². The molecule has 1 atom stereocenters. The van der Waals surface area contributed by atoms with Crippen molar-refractivity contribution in [2.75, 3.05) is 20.2 Å². The molecule has 1 aliphatic rings. The van der Waals surface area contributed by atoms with E-state index in [4.69, 9.17) is 17.0 Å².